The van der Waals surface area contributed by atoms with Crippen LogP contribution in [0.4, 0.5) is 5.69 Å². The van der Waals surface area contributed by atoms with Crippen LogP contribution in [0, 0.1) is 17.0 Å². The first-order valence-electron chi connectivity index (χ1n) is 6.46. The molecule has 9 heteroatoms. The van der Waals surface area contributed by atoms with Crippen molar-refractivity contribution in [2.75, 3.05) is 0 Å². The van der Waals surface area contributed by atoms with E-state index in [1.54, 1.807) is 0 Å². The van der Waals surface area contributed by atoms with E-state index in [9.17, 15) is 19.8 Å². The number of aliphatic hydroxyl groups excluding tert-OH is 1. The number of fused-ring (bicyclic) bond motifs is 2. The van der Waals surface area contributed by atoms with Crippen molar-refractivity contribution >= 4 is 13.3 Å². The topological polar surface area (TPSA) is 130 Å². The second kappa shape index (κ2) is 6.47. The largest absolute Gasteiger partial charge is 0.457 e. The van der Waals surface area contributed by atoms with Gasteiger partial charge in [0.15, 0.2) is 5.85 Å². The van der Waals surface area contributed by atoms with Crippen LogP contribution in [0.25, 0.3) is 0 Å². The van der Waals surface area contributed by atoms with E-state index in [2.05, 4.69) is 6.92 Å². The predicted molar refractivity (Wildman–Crippen MR) is 81.4 cm³/mol. The lowest BCUT2D eigenvalue weighted by atomic mass is 10.1. The van der Waals surface area contributed by atoms with Crippen LogP contribution in [0.5, 0.6) is 11.5 Å². The maximum atomic E-state index is 10.7. The van der Waals surface area contributed by atoms with E-state index >= 15 is 0 Å². The molecule has 1 unspecified atom stereocenters. The number of benzene rings is 2. The Morgan fingerprint density at radius 1 is 1.13 bits per heavy atom. The quantitative estimate of drug-likeness (QED) is 0.380. The number of aryl methyl sites for hydroxylation is 1. The van der Waals surface area contributed by atoms with Gasteiger partial charge in [-0.3, -0.25) is 14.7 Å². The molecule has 2 aromatic rings. The molecular formula is C14H14NO7P. The summed E-state index contributed by atoms with van der Waals surface area (Å²) in [5.74, 6) is -0.107. The molecule has 0 aromatic heterocycles. The summed E-state index contributed by atoms with van der Waals surface area (Å²) in [5.41, 5.74) is 0.372. The SMILES string of the molecule is Cc1c2cccc1O2.O=[N+]([O-])c1ccccc1C(O)P(=O)(O)O. The summed E-state index contributed by atoms with van der Waals surface area (Å²) in [7, 11) is -4.79. The summed E-state index contributed by atoms with van der Waals surface area (Å²) < 4.78 is 15.9. The number of para-hydroxylation sites is 1. The van der Waals surface area contributed by atoms with Gasteiger partial charge in [0.25, 0.3) is 5.69 Å². The second-order valence-electron chi connectivity index (χ2n) is 4.76. The Bertz CT molecular complexity index is 766. The van der Waals surface area contributed by atoms with Crippen molar-refractivity contribution < 1.29 is 29.1 Å². The normalized spacial score (nSPS) is 13.0. The Morgan fingerprint density at radius 2 is 1.70 bits per heavy atom. The Morgan fingerprint density at radius 3 is 2.09 bits per heavy atom. The van der Waals surface area contributed by atoms with E-state index in [4.69, 9.17) is 14.5 Å². The van der Waals surface area contributed by atoms with Crippen molar-refractivity contribution in [1.82, 2.24) is 0 Å². The summed E-state index contributed by atoms with van der Waals surface area (Å²) in [4.78, 5) is 27.1. The van der Waals surface area contributed by atoms with Gasteiger partial charge >= 0.3 is 7.60 Å². The highest BCUT2D eigenvalue weighted by atomic mass is 31.2. The third-order valence-corrected chi connectivity index (χ3v) is 4.10. The predicted octanol–water partition coefficient (Wildman–Crippen LogP) is 2.86. The van der Waals surface area contributed by atoms with Gasteiger partial charge in [-0.15, -0.1) is 0 Å². The van der Waals surface area contributed by atoms with E-state index in [0.717, 1.165) is 23.6 Å². The Balaban J connectivity index is 0.000000198. The first kappa shape index (κ1) is 17.1. The number of rotatable bonds is 3. The fraction of sp³-hybridized carbons (Fsp3) is 0.143. The summed E-state index contributed by atoms with van der Waals surface area (Å²) in [6.45, 7) is 2.06. The number of nitrogens with zero attached hydrogens (tertiary/aromatic N) is 1. The molecule has 0 fully saturated rings. The van der Waals surface area contributed by atoms with E-state index in [1.165, 1.54) is 17.7 Å². The molecule has 0 spiro atoms. The average molecular weight is 339 g/mol. The highest BCUT2D eigenvalue weighted by molar-refractivity contribution is 7.51. The Hall–Kier alpha value is -2.25. The first-order chi connectivity index (χ1) is 10.7. The molecule has 2 aliphatic rings. The van der Waals surface area contributed by atoms with Crippen LogP contribution in [0.1, 0.15) is 17.0 Å². The molecule has 122 valence electrons. The third-order valence-electron chi connectivity index (χ3n) is 3.18. The van der Waals surface area contributed by atoms with Crippen LogP contribution in [-0.2, 0) is 4.57 Å². The van der Waals surface area contributed by atoms with Crippen molar-refractivity contribution in [3.8, 4) is 11.5 Å². The maximum Gasteiger partial charge on any atom is 0.358 e. The lowest BCUT2D eigenvalue weighted by Gasteiger charge is -2.20. The van der Waals surface area contributed by atoms with Crippen LogP contribution in [0.15, 0.2) is 42.5 Å². The zero-order valence-electron chi connectivity index (χ0n) is 12.0. The average Bonchev–Trinajstić information content (AvgIpc) is 2.54. The van der Waals surface area contributed by atoms with Crippen LogP contribution in [-0.4, -0.2) is 19.8 Å². The highest BCUT2D eigenvalue weighted by Crippen LogP contribution is 2.51. The number of nitro groups is 1. The molecule has 4 rings (SSSR count). The van der Waals surface area contributed by atoms with Gasteiger partial charge in [-0.25, -0.2) is 0 Å². The molecule has 23 heavy (non-hydrogen) atoms. The van der Waals surface area contributed by atoms with Crippen LogP contribution >= 0.6 is 7.60 Å². The molecule has 2 aliphatic heterocycles. The minimum atomic E-state index is -4.79. The van der Waals surface area contributed by atoms with Crippen LogP contribution in [0.3, 0.4) is 0 Å². The summed E-state index contributed by atoms with van der Waals surface area (Å²) >= 11 is 0. The number of nitro benzene ring substituents is 1. The molecule has 0 saturated heterocycles. The van der Waals surface area contributed by atoms with Crippen LogP contribution < -0.4 is 4.74 Å². The van der Waals surface area contributed by atoms with Gasteiger partial charge in [0.2, 0.25) is 0 Å². The zero-order chi connectivity index (χ0) is 17.2. The Kier molecular flexibility index (Phi) is 4.82. The van der Waals surface area contributed by atoms with Gasteiger partial charge in [0.05, 0.1) is 10.5 Å². The Labute approximate surface area is 131 Å². The zero-order valence-corrected chi connectivity index (χ0v) is 12.9. The van der Waals surface area contributed by atoms with Crippen molar-refractivity contribution in [3.05, 3.63) is 63.7 Å². The van der Waals surface area contributed by atoms with Crippen molar-refractivity contribution in [2.24, 2.45) is 0 Å². The first-order valence-corrected chi connectivity index (χ1v) is 8.14. The van der Waals surface area contributed by atoms with Crippen LogP contribution in [0.2, 0.25) is 0 Å². The monoisotopic (exact) mass is 339 g/mol. The minimum Gasteiger partial charge on any atom is -0.457 e. The number of ether oxygens (including phenoxy) is 1. The third kappa shape index (κ3) is 3.75. The van der Waals surface area contributed by atoms with Crippen molar-refractivity contribution in [3.63, 3.8) is 0 Å². The molecule has 1 atom stereocenters. The van der Waals surface area contributed by atoms with Crippen molar-refractivity contribution in [1.29, 1.82) is 0 Å². The minimum absolute atomic E-state index is 0.393. The molecule has 3 N–H and O–H groups in total. The molecular weight excluding hydrogens is 325 g/mol. The number of hydrogen-bond acceptors (Lipinski definition) is 5. The smallest absolute Gasteiger partial charge is 0.358 e. The van der Waals surface area contributed by atoms with Gasteiger partial charge in [-0.2, -0.15) is 0 Å². The molecule has 0 aliphatic carbocycles. The summed E-state index contributed by atoms with van der Waals surface area (Å²) in [6, 6.07) is 10.8. The van der Waals surface area contributed by atoms with Gasteiger partial charge < -0.3 is 19.6 Å². The summed E-state index contributed by atoms with van der Waals surface area (Å²) in [5, 5.41) is 19.7. The van der Waals surface area contributed by atoms with Crippen molar-refractivity contribution in [2.45, 2.75) is 12.8 Å². The molecule has 0 radical (unpaired) electrons. The molecule has 2 heterocycles. The fourth-order valence-electron chi connectivity index (χ4n) is 1.94. The molecule has 2 aromatic carbocycles. The van der Waals surface area contributed by atoms with Gasteiger partial charge in [-0.05, 0) is 25.1 Å². The number of hydrogen-bond donors (Lipinski definition) is 3. The van der Waals surface area contributed by atoms with E-state index in [-0.39, 0.29) is 0 Å². The molecule has 2 bridgehead atoms. The highest BCUT2D eigenvalue weighted by Gasteiger charge is 2.33. The number of aliphatic hydroxyl groups is 1. The fourth-order valence-corrected chi connectivity index (χ4v) is 2.52. The van der Waals surface area contributed by atoms with Gasteiger partial charge in [-0.1, -0.05) is 18.2 Å². The lowest BCUT2D eigenvalue weighted by Crippen LogP contribution is -2.02. The molecule has 0 saturated carbocycles. The van der Waals surface area contributed by atoms with Gasteiger partial charge in [0.1, 0.15) is 11.5 Å². The van der Waals surface area contributed by atoms with E-state index in [1.807, 2.05) is 18.2 Å². The lowest BCUT2D eigenvalue weighted by molar-refractivity contribution is -0.386. The molecule has 0 amide bonds. The summed E-state index contributed by atoms with van der Waals surface area (Å²) in [6.07, 6.45) is 0. The second-order valence-corrected chi connectivity index (χ2v) is 6.43. The van der Waals surface area contributed by atoms with Gasteiger partial charge in [0, 0.05) is 11.6 Å². The molecule has 8 nitrogen and oxygen atoms in total. The van der Waals surface area contributed by atoms with E-state index < -0.39 is 29.6 Å². The maximum absolute atomic E-state index is 10.7. The van der Waals surface area contributed by atoms with E-state index in [0.29, 0.717) is 0 Å². The standard InChI is InChI=1S/C7H8NO6P.C7H6O/c9-7(15(12,13)14)5-3-1-2-4-6(5)8(10)11;1-5-6-3-2-4-7(5)8-6/h1-4,7,9H,(H2,12,13,14);2-4H,1H3.